The van der Waals surface area contributed by atoms with Crippen LogP contribution in [0, 0.1) is 38.7 Å². The van der Waals surface area contributed by atoms with Crippen molar-refractivity contribution in [3.63, 3.8) is 0 Å². The van der Waals surface area contributed by atoms with E-state index < -0.39 is 0 Å². The molecular formula is C18H21NO3. The van der Waals surface area contributed by atoms with Crippen LogP contribution in [0.4, 0.5) is 5.69 Å². The maximum Gasteiger partial charge on any atom is 0.269 e. The number of nitrogens with zero attached hydrogens (tertiary/aromatic N) is 1. The molecule has 0 heterocycles. The van der Waals surface area contributed by atoms with E-state index in [1.807, 2.05) is 12.1 Å². The summed E-state index contributed by atoms with van der Waals surface area (Å²) >= 11 is 0. The van der Waals surface area contributed by atoms with Gasteiger partial charge in [-0.3, -0.25) is 10.1 Å². The zero-order valence-corrected chi connectivity index (χ0v) is 13.1. The minimum absolute atomic E-state index is 0.0524. The minimum Gasteiger partial charge on any atom is -0.396 e. The van der Waals surface area contributed by atoms with Crippen molar-refractivity contribution in [1.29, 1.82) is 0 Å². The first-order valence-electron chi connectivity index (χ1n) is 7.90. The summed E-state index contributed by atoms with van der Waals surface area (Å²) in [7, 11) is 0. The van der Waals surface area contributed by atoms with E-state index in [1.54, 1.807) is 12.1 Å². The van der Waals surface area contributed by atoms with Crippen LogP contribution in [0.2, 0.25) is 0 Å². The molecule has 4 heteroatoms. The third kappa shape index (κ3) is 1.37. The molecule has 0 radical (unpaired) electrons. The van der Waals surface area contributed by atoms with E-state index in [1.165, 1.54) is 11.1 Å². The fraction of sp³-hybridized carbons (Fsp3) is 0.556. The van der Waals surface area contributed by atoms with Gasteiger partial charge in [0.15, 0.2) is 0 Å². The first-order valence-corrected chi connectivity index (χ1v) is 7.90. The maximum absolute atomic E-state index is 10.9. The lowest BCUT2D eigenvalue weighted by atomic mass is 9.59. The van der Waals surface area contributed by atoms with Crippen molar-refractivity contribution in [2.45, 2.75) is 26.7 Å². The molecule has 2 saturated carbocycles. The smallest absolute Gasteiger partial charge is 0.269 e. The van der Waals surface area contributed by atoms with E-state index >= 15 is 0 Å². The Kier molecular flexibility index (Phi) is 2.53. The van der Waals surface area contributed by atoms with Gasteiger partial charge in [0, 0.05) is 18.7 Å². The molecule has 4 nitrogen and oxygen atoms in total. The summed E-state index contributed by atoms with van der Waals surface area (Å²) < 4.78 is 0. The lowest BCUT2D eigenvalue weighted by Crippen LogP contribution is -2.38. The molecule has 0 aromatic heterocycles. The highest BCUT2D eigenvalue weighted by Gasteiger charge is 2.80. The van der Waals surface area contributed by atoms with Crippen molar-refractivity contribution in [2.75, 3.05) is 6.61 Å². The van der Waals surface area contributed by atoms with Crippen molar-refractivity contribution in [3.8, 4) is 0 Å². The summed E-state index contributed by atoms with van der Waals surface area (Å²) in [5.74, 6) is 1.74. The predicted octanol–water partition coefficient (Wildman–Crippen LogP) is 3.52. The number of hydrogen-bond donors (Lipinski definition) is 1. The van der Waals surface area contributed by atoms with Crippen LogP contribution in [0.5, 0.6) is 0 Å². The van der Waals surface area contributed by atoms with Crippen LogP contribution in [0.1, 0.15) is 32.3 Å². The van der Waals surface area contributed by atoms with Crippen molar-refractivity contribution in [2.24, 2.45) is 28.6 Å². The normalized spacial score (nSPS) is 44.6. The number of aliphatic hydroxyl groups excluding tert-OH is 1. The number of rotatable bonds is 3. The Hall–Kier alpha value is -1.68. The van der Waals surface area contributed by atoms with Crippen molar-refractivity contribution >= 4 is 5.69 Å². The number of allylic oxidation sites excluding steroid dienone is 2. The molecule has 0 amide bonds. The van der Waals surface area contributed by atoms with Gasteiger partial charge >= 0.3 is 0 Å². The minimum atomic E-state index is -0.353. The Morgan fingerprint density at radius 3 is 2.45 bits per heavy atom. The zero-order valence-electron chi connectivity index (χ0n) is 13.1. The number of benzene rings is 1. The molecule has 116 valence electrons. The van der Waals surface area contributed by atoms with Gasteiger partial charge in [-0.1, -0.05) is 37.6 Å². The van der Waals surface area contributed by atoms with Gasteiger partial charge < -0.3 is 5.11 Å². The summed E-state index contributed by atoms with van der Waals surface area (Å²) in [5.41, 5.74) is 2.90. The monoisotopic (exact) mass is 299 g/mol. The van der Waals surface area contributed by atoms with Gasteiger partial charge in [0.05, 0.1) is 4.92 Å². The highest BCUT2D eigenvalue weighted by atomic mass is 16.6. The zero-order chi connectivity index (χ0) is 15.9. The molecule has 4 aliphatic carbocycles. The van der Waals surface area contributed by atoms with Crippen molar-refractivity contribution in [3.05, 3.63) is 51.6 Å². The molecule has 4 bridgehead atoms. The summed E-state index contributed by atoms with van der Waals surface area (Å²) in [6.07, 6.45) is 2.36. The molecule has 1 N–H and O–H groups in total. The number of hydrogen-bond acceptors (Lipinski definition) is 3. The average molecular weight is 299 g/mol. The predicted molar refractivity (Wildman–Crippen MR) is 83.4 cm³/mol. The Bertz CT molecular complexity index is 695. The third-order valence-electron chi connectivity index (χ3n) is 6.78. The van der Waals surface area contributed by atoms with E-state index in [2.05, 4.69) is 26.8 Å². The van der Waals surface area contributed by atoms with Gasteiger partial charge in [-0.05, 0) is 47.0 Å². The van der Waals surface area contributed by atoms with Crippen LogP contribution < -0.4 is 0 Å². The largest absolute Gasteiger partial charge is 0.396 e. The SMILES string of the molecule is CC1=C[C@]2(C)[C@@H](c3ccc([N+](=O)[O-])cc3)[C@@]3(C)[C@@H]([C@@H]13)[C@@H]2CO. The molecule has 5 rings (SSSR count). The Labute approximate surface area is 130 Å². The third-order valence-corrected chi connectivity index (χ3v) is 6.78. The lowest BCUT2D eigenvalue weighted by Gasteiger charge is -2.45. The van der Waals surface area contributed by atoms with Gasteiger partial charge in [0.2, 0.25) is 0 Å². The fourth-order valence-electron chi connectivity index (χ4n) is 6.24. The van der Waals surface area contributed by atoms with Gasteiger partial charge in [-0.25, -0.2) is 0 Å². The number of aliphatic hydroxyl groups is 1. The van der Waals surface area contributed by atoms with E-state index in [4.69, 9.17) is 0 Å². The summed E-state index contributed by atoms with van der Waals surface area (Å²) in [6.45, 7) is 7.01. The van der Waals surface area contributed by atoms with E-state index in [-0.39, 0.29) is 28.0 Å². The summed E-state index contributed by atoms with van der Waals surface area (Å²) in [4.78, 5) is 10.5. The van der Waals surface area contributed by atoms with Gasteiger partial charge in [-0.15, -0.1) is 0 Å². The van der Waals surface area contributed by atoms with Crippen molar-refractivity contribution in [1.82, 2.24) is 0 Å². The highest BCUT2D eigenvalue weighted by Crippen LogP contribution is 2.85. The van der Waals surface area contributed by atoms with Crippen LogP contribution in [0.3, 0.4) is 0 Å². The van der Waals surface area contributed by atoms with E-state index in [0.29, 0.717) is 23.7 Å². The van der Waals surface area contributed by atoms with Crippen LogP contribution in [0.25, 0.3) is 0 Å². The second-order valence-electron chi connectivity index (χ2n) is 7.69. The molecule has 0 unspecified atom stereocenters. The first kappa shape index (κ1) is 13.9. The van der Waals surface area contributed by atoms with Crippen LogP contribution in [-0.4, -0.2) is 16.6 Å². The van der Waals surface area contributed by atoms with Crippen LogP contribution in [-0.2, 0) is 0 Å². The second kappa shape index (κ2) is 3.99. The first-order chi connectivity index (χ1) is 10.4. The quantitative estimate of drug-likeness (QED) is 0.527. The molecule has 22 heavy (non-hydrogen) atoms. The highest BCUT2D eigenvalue weighted by molar-refractivity contribution is 5.49. The van der Waals surface area contributed by atoms with Gasteiger partial charge in [-0.2, -0.15) is 0 Å². The molecule has 0 aliphatic heterocycles. The molecule has 0 spiro atoms. The molecule has 6 atom stereocenters. The van der Waals surface area contributed by atoms with E-state index in [9.17, 15) is 15.2 Å². The Morgan fingerprint density at radius 2 is 1.91 bits per heavy atom. The lowest BCUT2D eigenvalue weighted by molar-refractivity contribution is -0.384. The Morgan fingerprint density at radius 1 is 1.27 bits per heavy atom. The molecule has 1 aromatic rings. The summed E-state index contributed by atoms with van der Waals surface area (Å²) in [5, 5.41) is 20.8. The molecule has 1 aromatic carbocycles. The number of nitro groups is 1. The second-order valence-corrected chi connectivity index (χ2v) is 7.69. The fourth-order valence-corrected chi connectivity index (χ4v) is 6.24. The average Bonchev–Trinajstić information content (AvgIpc) is 3.01. The Balaban J connectivity index is 1.81. The maximum atomic E-state index is 10.9. The summed E-state index contributed by atoms with van der Waals surface area (Å²) in [6, 6.07) is 7.03. The standard InChI is InChI=1S/C18H21NO3/c1-10-8-17(2)13(9-20)15-14(10)18(15,3)16(17)11-4-6-12(7-5-11)19(21)22/h4-8,13-16,20H,9H2,1-3H3/t13-,14+,15+,16+,17-,18+/m0/s1. The molecule has 2 fully saturated rings. The van der Waals surface area contributed by atoms with Crippen LogP contribution in [0.15, 0.2) is 35.9 Å². The molecule has 4 aliphatic rings. The van der Waals surface area contributed by atoms with Gasteiger partial charge in [0.25, 0.3) is 5.69 Å². The van der Waals surface area contributed by atoms with E-state index in [0.717, 1.165) is 0 Å². The topological polar surface area (TPSA) is 63.4 Å². The molecular weight excluding hydrogens is 278 g/mol. The van der Waals surface area contributed by atoms with Gasteiger partial charge in [0.1, 0.15) is 0 Å². The number of nitro benzene ring substituents is 1. The number of non-ortho nitro benzene ring substituents is 1. The molecule has 0 saturated heterocycles. The van der Waals surface area contributed by atoms with Crippen molar-refractivity contribution < 1.29 is 10.0 Å². The van der Waals surface area contributed by atoms with Crippen LogP contribution >= 0.6 is 0 Å².